The average Bonchev–Trinajstić information content (AvgIpc) is 3.24. The molecule has 3 heterocycles. The monoisotopic (exact) mass is 583 g/mol. The van der Waals surface area contributed by atoms with Crippen molar-refractivity contribution in [2.75, 3.05) is 31.1 Å². The Morgan fingerprint density at radius 3 is 2.24 bits per heavy atom. The van der Waals surface area contributed by atoms with Crippen molar-refractivity contribution in [2.24, 2.45) is 0 Å². The smallest absolute Gasteiger partial charge is 0.270 e. The Labute approximate surface area is 250 Å². The lowest BCUT2D eigenvalue weighted by atomic mass is 10.0. The van der Waals surface area contributed by atoms with E-state index in [4.69, 9.17) is 12.2 Å². The van der Waals surface area contributed by atoms with E-state index in [1.54, 1.807) is 16.4 Å². The summed E-state index contributed by atoms with van der Waals surface area (Å²) in [6, 6.07) is 20.6. The summed E-state index contributed by atoms with van der Waals surface area (Å²) in [4.78, 5) is 33.7. The van der Waals surface area contributed by atoms with Crippen LogP contribution in [0.3, 0.4) is 0 Å². The number of aryl methyl sites for hydroxylation is 1. The molecule has 0 aliphatic carbocycles. The first-order chi connectivity index (χ1) is 19.8. The van der Waals surface area contributed by atoms with Gasteiger partial charge in [0.25, 0.3) is 11.5 Å². The van der Waals surface area contributed by atoms with Crippen LogP contribution < -0.4 is 10.5 Å². The first-order valence-corrected chi connectivity index (χ1v) is 15.0. The first-order valence-electron chi connectivity index (χ1n) is 13.8. The molecule has 0 radical (unpaired) electrons. The zero-order valence-electron chi connectivity index (χ0n) is 23.6. The van der Waals surface area contributed by atoms with Crippen molar-refractivity contribution in [1.29, 1.82) is 5.26 Å². The van der Waals surface area contributed by atoms with Crippen molar-refractivity contribution in [1.82, 2.24) is 14.4 Å². The molecular formula is C32H33N5O2S2. The first kappa shape index (κ1) is 28.8. The van der Waals surface area contributed by atoms with Gasteiger partial charge < -0.3 is 4.90 Å². The van der Waals surface area contributed by atoms with E-state index in [1.165, 1.54) is 17.3 Å². The Bertz CT molecular complexity index is 1600. The van der Waals surface area contributed by atoms with Crippen LogP contribution in [0.25, 0.3) is 6.08 Å². The van der Waals surface area contributed by atoms with E-state index in [-0.39, 0.29) is 17.0 Å². The second-order valence-electron chi connectivity index (χ2n) is 10.4. The molecule has 2 aromatic carbocycles. The molecule has 2 aliphatic heterocycles. The Morgan fingerprint density at radius 1 is 0.951 bits per heavy atom. The van der Waals surface area contributed by atoms with Crippen LogP contribution in [-0.4, -0.2) is 50.8 Å². The SMILES string of the molecule is CCn1c(N2CCN(Cc3ccccc3)CC2)c(C=C2SC(=S)N(Cc3ccc(C)cc3)C2=O)c(C)c(C#N)c1=O. The van der Waals surface area contributed by atoms with E-state index in [9.17, 15) is 14.9 Å². The molecule has 0 spiro atoms. The van der Waals surface area contributed by atoms with Gasteiger partial charge in [-0.3, -0.25) is 24.0 Å². The van der Waals surface area contributed by atoms with E-state index in [0.717, 1.165) is 55.2 Å². The number of benzene rings is 2. The highest BCUT2D eigenvalue weighted by molar-refractivity contribution is 8.26. The van der Waals surface area contributed by atoms with E-state index in [2.05, 4.69) is 40.1 Å². The summed E-state index contributed by atoms with van der Waals surface area (Å²) < 4.78 is 2.18. The third-order valence-corrected chi connectivity index (χ3v) is 9.07. The number of aromatic nitrogens is 1. The maximum absolute atomic E-state index is 13.6. The number of carbonyl (C=O) groups excluding carboxylic acids is 1. The minimum atomic E-state index is -0.293. The summed E-state index contributed by atoms with van der Waals surface area (Å²) in [7, 11) is 0. The predicted molar refractivity (Wildman–Crippen MR) is 170 cm³/mol. The third kappa shape index (κ3) is 6.01. The van der Waals surface area contributed by atoms with Crippen molar-refractivity contribution in [3.05, 3.63) is 103 Å². The number of pyridine rings is 1. The molecular weight excluding hydrogens is 551 g/mol. The van der Waals surface area contributed by atoms with Crippen molar-refractivity contribution in [3.63, 3.8) is 0 Å². The highest BCUT2D eigenvalue weighted by Crippen LogP contribution is 2.37. The Hall–Kier alpha value is -3.71. The number of anilines is 1. The lowest BCUT2D eigenvalue weighted by Gasteiger charge is -2.38. The number of carbonyl (C=O) groups is 1. The standard InChI is InChI=1S/C32H33N5O2S2/c1-4-36-29(35-16-14-34(15-17-35)20-24-8-6-5-7-9-24)26(23(3)27(19-33)30(36)38)18-28-31(39)37(32(40)41-28)21-25-12-10-22(2)11-13-25/h5-13,18H,4,14-17,20-21H2,1-3H3. The van der Waals surface area contributed by atoms with Gasteiger partial charge in [0.2, 0.25) is 0 Å². The molecule has 0 bridgehead atoms. The van der Waals surface area contributed by atoms with E-state index in [1.807, 2.05) is 50.3 Å². The van der Waals surface area contributed by atoms with E-state index in [0.29, 0.717) is 27.9 Å². The molecule has 41 heavy (non-hydrogen) atoms. The molecule has 2 fully saturated rings. The lowest BCUT2D eigenvalue weighted by molar-refractivity contribution is -0.122. The largest absolute Gasteiger partial charge is 0.355 e. The van der Waals surface area contributed by atoms with Crippen LogP contribution in [0.4, 0.5) is 5.82 Å². The van der Waals surface area contributed by atoms with Gasteiger partial charge in [-0.15, -0.1) is 0 Å². The number of thiocarbonyl (C=S) groups is 1. The summed E-state index contributed by atoms with van der Waals surface area (Å²) in [6.07, 6.45) is 1.84. The van der Waals surface area contributed by atoms with Gasteiger partial charge in [-0.05, 0) is 43.5 Å². The fraction of sp³-hybridized carbons (Fsp3) is 0.312. The lowest BCUT2D eigenvalue weighted by Crippen LogP contribution is -2.48. The van der Waals surface area contributed by atoms with E-state index < -0.39 is 0 Å². The Balaban J connectivity index is 1.47. The Morgan fingerprint density at radius 2 is 1.61 bits per heavy atom. The van der Waals surface area contributed by atoms with Gasteiger partial charge in [-0.2, -0.15) is 5.26 Å². The van der Waals surface area contributed by atoms with Gasteiger partial charge in [0.05, 0.1) is 11.4 Å². The molecule has 2 aliphatic rings. The summed E-state index contributed by atoms with van der Waals surface area (Å²) in [5, 5.41) is 9.89. The highest BCUT2D eigenvalue weighted by Gasteiger charge is 2.33. The molecule has 0 atom stereocenters. The molecule has 9 heteroatoms. The molecule has 0 saturated carbocycles. The predicted octanol–water partition coefficient (Wildman–Crippen LogP) is 5.08. The van der Waals surface area contributed by atoms with Crippen molar-refractivity contribution in [3.8, 4) is 6.07 Å². The van der Waals surface area contributed by atoms with Gasteiger partial charge in [0.1, 0.15) is 21.8 Å². The number of amides is 1. The van der Waals surface area contributed by atoms with Crippen LogP contribution in [0.5, 0.6) is 0 Å². The van der Waals surface area contributed by atoms with Gasteiger partial charge in [-0.25, -0.2) is 0 Å². The number of hydrogen-bond donors (Lipinski definition) is 0. The summed E-state index contributed by atoms with van der Waals surface area (Å²) in [6.45, 7) is 10.6. The number of piperazine rings is 1. The molecule has 5 rings (SSSR count). The summed E-state index contributed by atoms with van der Waals surface area (Å²) in [5.41, 5.74) is 4.57. The number of nitrogens with zero attached hydrogens (tertiary/aromatic N) is 5. The molecule has 0 unspecified atom stereocenters. The fourth-order valence-electron chi connectivity index (χ4n) is 5.38. The molecule has 210 valence electrons. The van der Waals surface area contributed by atoms with Gasteiger partial charge in [0.15, 0.2) is 0 Å². The number of thioether (sulfide) groups is 1. The second-order valence-corrected chi connectivity index (χ2v) is 12.1. The van der Waals surface area contributed by atoms with Crippen molar-refractivity contribution in [2.45, 2.75) is 40.4 Å². The Kier molecular flexibility index (Phi) is 8.74. The normalized spacial score (nSPS) is 17.0. The average molecular weight is 584 g/mol. The minimum absolute atomic E-state index is 0.111. The highest BCUT2D eigenvalue weighted by atomic mass is 32.2. The van der Waals surface area contributed by atoms with Crippen LogP contribution in [0.2, 0.25) is 0 Å². The maximum Gasteiger partial charge on any atom is 0.270 e. The summed E-state index contributed by atoms with van der Waals surface area (Å²) >= 11 is 6.88. The zero-order valence-corrected chi connectivity index (χ0v) is 25.2. The van der Waals surface area contributed by atoms with Crippen LogP contribution >= 0.6 is 24.0 Å². The van der Waals surface area contributed by atoms with Crippen LogP contribution in [0, 0.1) is 25.2 Å². The minimum Gasteiger partial charge on any atom is -0.355 e. The fourth-order valence-corrected chi connectivity index (χ4v) is 6.62. The van der Waals surface area contributed by atoms with Gasteiger partial charge >= 0.3 is 0 Å². The van der Waals surface area contributed by atoms with Crippen LogP contribution in [0.15, 0.2) is 64.3 Å². The number of rotatable bonds is 7. The third-order valence-electron chi connectivity index (χ3n) is 7.69. The van der Waals surface area contributed by atoms with Crippen LogP contribution in [-0.2, 0) is 24.4 Å². The van der Waals surface area contributed by atoms with Crippen molar-refractivity contribution >= 4 is 46.1 Å². The molecule has 7 nitrogen and oxygen atoms in total. The zero-order chi connectivity index (χ0) is 29.1. The van der Waals surface area contributed by atoms with Gasteiger partial charge in [0, 0.05) is 44.8 Å². The molecule has 1 amide bonds. The van der Waals surface area contributed by atoms with Crippen LogP contribution in [0.1, 0.15) is 40.3 Å². The number of nitriles is 1. The van der Waals surface area contributed by atoms with E-state index >= 15 is 0 Å². The second kappa shape index (κ2) is 12.4. The topological polar surface area (TPSA) is 72.6 Å². The van der Waals surface area contributed by atoms with Gasteiger partial charge in [-0.1, -0.05) is 84.1 Å². The molecule has 1 aromatic heterocycles. The number of hydrogen-bond acceptors (Lipinski definition) is 7. The molecule has 2 saturated heterocycles. The van der Waals surface area contributed by atoms with Crippen molar-refractivity contribution < 1.29 is 4.79 Å². The maximum atomic E-state index is 13.6. The quantitative estimate of drug-likeness (QED) is 0.284. The summed E-state index contributed by atoms with van der Waals surface area (Å²) in [5.74, 6) is 0.600. The molecule has 3 aromatic rings. The molecule has 0 N–H and O–H groups in total.